The summed E-state index contributed by atoms with van der Waals surface area (Å²) >= 11 is 0. The fourth-order valence-electron chi connectivity index (χ4n) is 4.05. The highest BCUT2D eigenvalue weighted by atomic mass is 16.7. The second-order valence-electron chi connectivity index (χ2n) is 7.32. The quantitative estimate of drug-likeness (QED) is 0.351. The van der Waals surface area contributed by atoms with Gasteiger partial charge in [-0.25, -0.2) is 0 Å². The predicted molar refractivity (Wildman–Crippen MR) is 94.3 cm³/mol. The van der Waals surface area contributed by atoms with Crippen LogP contribution in [0.4, 0.5) is 0 Å². The zero-order valence-electron chi connectivity index (χ0n) is 16.3. The lowest BCUT2D eigenvalue weighted by Gasteiger charge is -2.45. The van der Waals surface area contributed by atoms with Crippen molar-refractivity contribution in [3.05, 3.63) is 0 Å². The van der Waals surface area contributed by atoms with Gasteiger partial charge >= 0.3 is 5.97 Å². The van der Waals surface area contributed by atoms with Gasteiger partial charge in [-0.1, -0.05) is 0 Å². The Bertz CT molecular complexity index is 459. The molecule has 0 aliphatic carbocycles. The number of hydrogen-bond acceptors (Lipinski definition) is 8. The molecule has 3 aliphatic rings. The van der Waals surface area contributed by atoms with E-state index in [1.807, 2.05) is 0 Å². The van der Waals surface area contributed by atoms with Gasteiger partial charge in [0.2, 0.25) is 0 Å². The van der Waals surface area contributed by atoms with Gasteiger partial charge in [0, 0.05) is 26.7 Å². The van der Waals surface area contributed by atoms with Gasteiger partial charge in [0.15, 0.2) is 0 Å². The zero-order valence-corrected chi connectivity index (χ0v) is 16.3. The van der Waals surface area contributed by atoms with Crippen LogP contribution in [0.25, 0.3) is 0 Å². The van der Waals surface area contributed by atoms with Gasteiger partial charge in [0.1, 0.15) is 12.9 Å². The summed E-state index contributed by atoms with van der Waals surface area (Å²) in [6, 6.07) is 0. The second kappa shape index (κ2) is 10.7. The van der Waals surface area contributed by atoms with Crippen molar-refractivity contribution in [3.8, 4) is 0 Å². The lowest BCUT2D eigenvalue weighted by Crippen LogP contribution is -2.54. The number of carbonyl (C=O) groups is 1. The van der Waals surface area contributed by atoms with E-state index in [0.29, 0.717) is 19.6 Å². The van der Waals surface area contributed by atoms with Crippen LogP contribution in [0.1, 0.15) is 38.5 Å². The highest BCUT2D eigenvalue weighted by Crippen LogP contribution is 2.34. The summed E-state index contributed by atoms with van der Waals surface area (Å²) in [5.74, 6) is -0.288. The van der Waals surface area contributed by atoms with Gasteiger partial charge in [0.05, 0.1) is 50.7 Å². The van der Waals surface area contributed by atoms with Crippen LogP contribution in [0.5, 0.6) is 0 Å². The number of carbonyl (C=O) groups excluding carboxylic acids is 1. The Morgan fingerprint density at radius 3 is 2.63 bits per heavy atom. The van der Waals surface area contributed by atoms with Crippen molar-refractivity contribution in [2.45, 2.75) is 75.1 Å². The van der Waals surface area contributed by atoms with Crippen LogP contribution < -0.4 is 0 Å². The topological polar surface area (TPSA) is 81.7 Å². The van der Waals surface area contributed by atoms with E-state index in [1.54, 1.807) is 7.11 Å². The van der Waals surface area contributed by atoms with Crippen molar-refractivity contribution in [2.75, 3.05) is 40.8 Å². The molecule has 0 amide bonds. The van der Waals surface area contributed by atoms with E-state index >= 15 is 0 Å². The van der Waals surface area contributed by atoms with Gasteiger partial charge in [-0.15, -0.1) is 0 Å². The van der Waals surface area contributed by atoms with E-state index in [0.717, 1.165) is 32.3 Å². The zero-order chi connectivity index (χ0) is 19.1. The molecule has 0 N–H and O–H groups in total. The van der Waals surface area contributed by atoms with Gasteiger partial charge in [-0.05, 0) is 25.7 Å². The Kier molecular flexibility index (Phi) is 8.29. The monoisotopic (exact) mass is 388 g/mol. The number of ether oxygens (including phenoxy) is 7. The predicted octanol–water partition coefficient (Wildman–Crippen LogP) is 1.44. The lowest BCUT2D eigenvalue weighted by atomic mass is 9.92. The SMILES string of the molecule is COCOC[C@H]1OCCC[C@@H]1O[C@H]1C[C@@H]2OCCC[C@H]2O[C@H]1CC(=O)OC. The maximum Gasteiger partial charge on any atom is 0.308 e. The highest BCUT2D eigenvalue weighted by molar-refractivity contribution is 5.69. The fraction of sp³-hybridized carbons (Fsp3) is 0.947. The highest BCUT2D eigenvalue weighted by Gasteiger charge is 2.43. The first kappa shape index (κ1) is 21.0. The average molecular weight is 388 g/mol. The lowest BCUT2D eigenvalue weighted by molar-refractivity contribution is -0.242. The maximum absolute atomic E-state index is 11.9. The molecular formula is C19H32O8. The molecule has 0 saturated carbocycles. The standard InChI is InChI=1S/C19H32O8/c1-21-12-23-11-18-14(6-4-8-25-18)27-16-9-15-13(5-3-7-24-15)26-17(16)10-19(20)22-2/h13-18H,3-12H2,1-2H3/t13-,14+,15+,16+,17+,18-/m1/s1. The maximum atomic E-state index is 11.9. The van der Waals surface area contributed by atoms with Gasteiger partial charge in [-0.3, -0.25) is 4.79 Å². The minimum atomic E-state index is -0.331. The molecule has 3 aliphatic heterocycles. The molecule has 0 radical (unpaired) electrons. The third-order valence-electron chi connectivity index (χ3n) is 5.42. The van der Waals surface area contributed by atoms with Crippen LogP contribution >= 0.6 is 0 Å². The van der Waals surface area contributed by atoms with Gasteiger partial charge in [-0.2, -0.15) is 0 Å². The molecule has 3 saturated heterocycles. The van der Waals surface area contributed by atoms with Crippen LogP contribution in [0, 0.1) is 0 Å². The molecule has 0 aromatic carbocycles. The number of fused-ring (bicyclic) bond motifs is 1. The van der Waals surface area contributed by atoms with E-state index in [9.17, 15) is 4.79 Å². The fourth-order valence-corrected chi connectivity index (χ4v) is 4.05. The molecule has 3 fully saturated rings. The van der Waals surface area contributed by atoms with Crippen LogP contribution in [0.3, 0.4) is 0 Å². The Morgan fingerprint density at radius 2 is 1.81 bits per heavy atom. The number of methoxy groups -OCH3 is 2. The van der Waals surface area contributed by atoms with Crippen molar-refractivity contribution in [2.24, 2.45) is 0 Å². The summed E-state index contributed by atoms with van der Waals surface area (Å²) in [6.07, 6.45) is 3.87. The molecular weight excluding hydrogens is 356 g/mol. The first-order valence-electron chi connectivity index (χ1n) is 9.89. The molecule has 3 heterocycles. The largest absolute Gasteiger partial charge is 0.469 e. The molecule has 8 heteroatoms. The van der Waals surface area contributed by atoms with Gasteiger partial charge in [0.25, 0.3) is 0 Å². The van der Waals surface area contributed by atoms with E-state index in [2.05, 4.69) is 0 Å². The van der Waals surface area contributed by atoms with Crippen molar-refractivity contribution in [1.29, 1.82) is 0 Å². The summed E-state index contributed by atoms with van der Waals surface area (Å²) < 4.78 is 39.7. The van der Waals surface area contributed by atoms with E-state index in [1.165, 1.54) is 7.11 Å². The normalized spacial score (nSPS) is 36.8. The van der Waals surface area contributed by atoms with E-state index in [4.69, 9.17) is 33.2 Å². The van der Waals surface area contributed by atoms with Crippen molar-refractivity contribution in [3.63, 3.8) is 0 Å². The van der Waals surface area contributed by atoms with Crippen LogP contribution in [0.2, 0.25) is 0 Å². The number of hydrogen-bond donors (Lipinski definition) is 0. The number of rotatable bonds is 8. The molecule has 0 bridgehead atoms. The minimum absolute atomic E-state index is 0.0188. The van der Waals surface area contributed by atoms with Crippen LogP contribution in [-0.4, -0.2) is 83.4 Å². The average Bonchev–Trinajstić information content (AvgIpc) is 2.69. The molecule has 0 aromatic heterocycles. The molecule has 27 heavy (non-hydrogen) atoms. The number of esters is 1. The first-order valence-corrected chi connectivity index (χ1v) is 9.89. The Balaban J connectivity index is 1.63. The van der Waals surface area contributed by atoms with Gasteiger partial charge < -0.3 is 33.2 Å². The van der Waals surface area contributed by atoms with Crippen molar-refractivity contribution >= 4 is 5.97 Å². The Hall–Kier alpha value is -0.770. The molecule has 0 aromatic rings. The molecule has 6 atom stereocenters. The third kappa shape index (κ3) is 5.85. The molecule has 0 spiro atoms. The Labute approximate surface area is 160 Å². The van der Waals surface area contributed by atoms with Crippen molar-refractivity contribution < 1.29 is 38.0 Å². The molecule has 0 unspecified atom stereocenters. The van der Waals surface area contributed by atoms with Crippen molar-refractivity contribution in [1.82, 2.24) is 0 Å². The summed E-state index contributed by atoms with van der Waals surface area (Å²) in [5, 5.41) is 0. The third-order valence-corrected chi connectivity index (χ3v) is 5.42. The smallest absolute Gasteiger partial charge is 0.308 e. The van der Waals surface area contributed by atoms with E-state index < -0.39 is 0 Å². The summed E-state index contributed by atoms with van der Waals surface area (Å²) in [7, 11) is 2.98. The van der Waals surface area contributed by atoms with Crippen LogP contribution in [-0.2, 0) is 38.0 Å². The second-order valence-corrected chi connectivity index (χ2v) is 7.32. The van der Waals surface area contributed by atoms with Crippen LogP contribution in [0.15, 0.2) is 0 Å². The minimum Gasteiger partial charge on any atom is -0.469 e. The summed E-state index contributed by atoms with van der Waals surface area (Å²) in [4.78, 5) is 11.9. The first-order chi connectivity index (χ1) is 13.2. The summed E-state index contributed by atoms with van der Waals surface area (Å²) in [5.41, 5.74) is 0. The van der Waals surface area contributed by atoms with E-state index in [-0.39, 0.29) is 55.8 Å². The molecule has 156 valence electrons. The molecule has 3 rings (SSSR count). The summed E-state index contributed by atoms with van der Waals surface area (Å²) in [6.45, 7) is 2.08. The Morgan fingerprint density at radius 1 is 1.00 bits per heavy atom. The molecule has 8 nitrogen and oxygen atoms in total.